The van der Waals surface area contributed by atoms with Gasteiger partial charge in [0, 0.05) is 6.42 Å². The Morgan fingerprint density at radius 1 is 1.31 bits per heavy atom. The highest BCUT2D eigenvalue weighted by Crippen LogP contribution is 2.41. The van der Waals surface area contributed by atoms with Crippen LogP contribution in [0, 0.1) is 5.41 Å². The molecule has 13 heavy (non-hydrogen) atoms. The predicted octanol–water partition coefficient (Wildman–Crippen LogP) is 2.64. The van der Waals surface area contributed by atoms with Crippen molar-refractivity contribution in [2.45, 2.75) is 51.9 Å². The van der Waals surface area contributed by atoms with Crippen molar-refractivity contribution in [1.82, 2.24) is 0 Å². The highest BCUT2D eigenvalue weighted by molar-refractivity contribution is 5.85. The van der Waals surface area contributed by atoms with Gasteiger partial charge in [0.1, 0.15) is 0 Å². The van der Waals surface area contributed by atoms with Crippen LogP contribution in [0.2, 0.25) is 0 Å². The van der Waals surface area contributed by atoms with Crippen molar-refractivity contribution in [3.8, 4) is 0 Å². The molecule has 0 aromatic rings. The van der Waals surface area contributed by atoms with E-state index in [0.717, 1.165) is 6.42 Å². The lowest BCUT2D eigenvalue weighted by molar-refractivity contribution is -0.120. The number of carbonyl (C=O) groups is 1. The minimum absolute atomic E-state index is 0. The Morgan fingerprint density at radius 3 is 2.23 bits per heavy atom. The van der Waals surface area contributed by atoms with E-state index in [2.05, 4.69) is 6.92 Å². The number of primary amides is 1. The van der Waals surface area contributed by atoms with Crippen molar-refractivity contribution in [3.63, 3.8) is 0 Å². The van der Waals surface area contributed by atoms with Crippen molar-refractivity contribution in [1.29, 1.82) is 0 Å². The van der Waals surface area contributed by atoms with Crippen molar-refractivity contribution in [2.75, 3.05) is 0 Å². The van der Waals surface area contributed by atoms with Gasteiger partial charge in [0.15, 0.2) is 0 Å². The van der Waals surface area contributed by atoms with E-state index in [1.54, 1.807) is 0 Å². The number of carbonyl (C=O) groups excluding carboxylic acids is 1. The van der Waals surface area contributed by atoms with Gasteiger partial charge in [-0.15, -0.1) is 12.4 Å². The van der Waals surface area contributed by atoms with Gasteiger partial charge in [-0.05, 0) is 24.7 Å². The lowest BCUT2D eigenvalue weighted by Crippen LogP contribution is -2.29. The number of hydrogen-bond donors (Lipinski definition) is 1. The summed E-state index contributed by atoms with van der Waals surface area (Å²) in [6.45, 7) is 2.17. The molecular formula is C10H20ClNO. The molecule has 0 bridgehead atoms. The van der Waals surface area contributed by atoms with Crippen molar-refractivity contribution >= 4 is 18.3 Å². The molecular weight excluding hydrogens is 186 g/mol. The third-order valence-corrected chi connectivity index (χ3v) is 3.21. The summed E-state index contributed by atoms with van der Waals surface area (Å²) in [5.41, 5.74) is 5.51. The van der Waals surface area contributed by atoms with E-state index in [1.165, 1.54) is 32.1 Å². The Morgan fingerprint density at radius 2 is 1.85 bits per heavy atom. The normalized spacial score (nSPS) is 20.4. The second-order valence-corrected chi connectivity index (χ2v) is 4.06. The van der Waals surface area contributed by atoms with Crippen LogP contribution in [-0.2, 0) is 4.79 Å². The first-order chi connectivity index (χ1) is 5.68. The molecule has 0 radical (unpaired) electrons. The molecule has 78 valence electrons. The zero-order valence-electron chi connectivity index (χ0n) is 8.34. The lowest BCUT2D eigenvalue weighted by Gasteiger charge is -2.35. The molecule has 1 aliphatic carbocycles. The Hall–Kier alpha value is -0.240. The molecule has 1 amide bonds. The largest absolute Gasteiger partial charge is 0.370 e. The number of rotatable bonds is 3. The molecule has 0 unspecified atom stereocenters. The molecule has 0 saturated heterocycles. The highest BCUT2D eigenvalue weighted by atomic mass is 35.5. The zero-order valence-corrected chi connectivity index (χ0v) is 9.16. The van der Waals surface area contributed by atoms with Crippen LogP contribution in [0.1, 0.15) is 51.9 Å². The maximum Gasteiger partial charge on any atom is 0.217 e. The smallest absolute Gasteiger partial charge is 0.217 e. The van der Waals surface area contributed by atoms with Crippen LogP contribution >= 0.6 is 12.4 Å². The number of halogens is 1. The molecule has 3 heteroatoms. The fourth-order valence-electron chi connectivity index (χ4n) is 2.33. The molecule has 0 heterocycles. The van der Waals surface area contributed by atoms with Crippen LogP contribution in [-0.4, -0.2) is 5.91 Å². The molecule has 1 rings (SSSR count). The third-order valence-electron chi connectivity index (χ3n) is 3.21. The molecule has 2 N–H and O–H groups in total. The summed E-state index contributed by atoms with van der Waals surface area (Å²) in [6.07, 6.45) is 8.00. The Labute approximate surface area is 86.7 Å². The third kappa shape index (κ3) is 3.55. The number of nitrogens with two attached hydrogens (primary N) is 1. The van der Waals surface area contributed by atoms with Gasteiger partial charge in [-0.3, -0.25) is 4.79 Å². The molecule has 0 atom stereocenters. The van der Waals surface area contributed by atoms with Crippen LogP contribution in [0.4, 0.5) is 0 Å². The number of hydrogen-bond acceptors (Lipinski definition) is 1. The highest BCUT2D eigenvalue weighted by Gasteiger charge is 2.31. The first-order valence-electron chi connectivity index (χ1n) is 4.97. The average Bonchev–Trinajstić information content (AvgIpc) is 2.05. The van der Waals surface area contributed by atoms with E-state index in [1.807, 2.05) is 0 Å². The van der Waals surface area contributed by atoms with Crippen LogP contribution in [0.5, 0.6) is 0 Å². The van der Waals surface area contributed by atoms with Gasteiger partial charge in [0.2, 0.25) is 5.91 Å². The quantitative estimate of drug-likeness (QED) is 0.757. The first-order valence-corrected chi connectivity index (χ1v) is 4.97. The maximum atomic E-state index is 10.9. The minimum Gasteiger partial charge on any atom is -0.370 e. The molecule has 2 nitrogen and oxygen atoms in total. The van der Waals surface area contributed by atoms with Gasteiger partial charge in [-0.25, -0.2) is 0 Å². The van der Waals surface area contributed by atoms with E-state index in [4.69, 9.17) is 5.73 Å². The van der Waals surface area contributed by atoms with Gasteiger partial charge in [0.05, 0.1) is 0 Å². The van der Waals surface area contributed by atoms with Crippen LogP contribution in [0.25, 0.3) is 0 Å². The van der Waals surface area contributed by atoms with Gasteiger partial charge in [-0.1, -0.05) is 26.2 Å². The van der Waals surface area contributed by atoms with E-state index in [9.17, 15) is 4.79 Å². The van der Waals surface area contributed by atoms with Crippen molar-refractivity contribution in [2.24, 2.45) is 11.1 Å². The number of amides is 1. The first kappa shape index (κ1) is 12.8. The Balaban J connectivity index is 0.00000144. The maximum absolute atomic E-state index is 10.9. The predicted molar refractivity (Wildman–Crippen MR) is 56.9 cm³/mol. The Bertz CT molecular complexity index is 164. The van der Waals surface area contributed by atoms with Crippen LogP contribution < -0.4 is 5.73 Å². The summed E-state index contributed by atoms with van der Waals surface area (Å²) >= 11 is 0. The van der Waals surface area contributed by atoms with Gasteiger partial charge < -0.3 is 5.73 Å². The van der Waals surface area contributed by atoms with Gasteiger partial charge in [-0.2, -0.15) is 0 Å². The molecule has 0 aliphatic heterocycles. The minimum atomic E-state index is -0.126. The van der Waals surface area contributed by atoms with E-state index in [0.29, 0.717) is 6.42 Å². The summed E-state index contributed by atoms with van der Waals surface area (Å²) in [6, 6.07) is 0. The van der Waals surface area contributed by atoms with E-state index in [-0.39, 0.29) is 23.7 Å². The topological polar surface area (TPSA) is 43.1 Å². The molecule has 0 spiro atoms. The average molecular weight is 206 g/mol. The summed E-state index contributed by atoms with van der Waals surface area (Å²) in [7, 11) is 0. The fourth-order valence-corrected chi connectivity index (χ4v) is 2.33. The second kappa shape index (κ2) is 5.48. The molecule has 0 aromatic carbocycles. The summed E-state index contributed by atoms with van der Waals surface area (Å²) < 4.78 is 0. The van der Waals surface area contributed by atoms with Gasteiger partial charge >= 0.3 is 0 Å². The zero-order chi connectivity index (χ0) is 9.03. The summed E-state index contributed by atoms with van der Waals surface area (Å²) in [5, 5.41) is 0. The SMILES string of the molecule is CCC1(CC(N)=O)CCCCC1.Cl. The van der Waals surface area contributed by atoms with Gasteiger partial charge in [0.25, 0.3) is 0 Å². The molecule has 1 fully saturated rings. The summed E-state index contributed by atoms with van der Waals surface area (Å²) in [5.74, 6) is -0.126. The molecule has 1 saturated carbocycles. The second-order valence-electron chi connectivity index (χ2n) is 4.06. The molecule has 0 aromatic heterocycles. The summed E-state index contributed by atoms with van der Waals surface area (Å²) in [4.78, 5) is 10.9. The standard InChI is InChI=1S/C10H19NO.ClH/c1-2-10(8-9(11)12)6-4-3-5-7-10;/h2-8H2,1H3,(H2,11,12);1H. The fraction of sp³-hybridized carbons (Fsp3) is 0.900. The van der Waals surface area contributed by atoms with E-state index >= 15 is 0 Å². The monoisotopic (exact) mass is 205 g/mol. The lowest BCUT2D eigenvalue weighted by atomic mass is 9.70. The van der Waals surface area contributed by atoms with Crippen molar-refractivity contribution in [3.05, 3.63) is 0 Å². The van der Waals surface area contributed by atoms with Crippen molar-refractivity contribution < 1.29 is 4.79 Å². The van der Waals surface area contributed by atoms with E-state index < -0.39 is 0 Å². The van der Waals surface area contributed by atoms with Crippen LogP contribution in [0.3, 0.4) is 0 Å². The van der Waals surface area contributed by atoms with Crippen LogP contribution in [0.15, 0.2) is 0 Å². The Kier molecular flexibility index (Phi) is 5.38. The molecule has 1 aliphatic rings.